The summed E-state index contributed by atoms with van der Waals surface area (Å²) >= 11 is 0. The average Bonchev–Trinajstić information content (AvgIpc) is 2.47. The SMILES string of the molecule is CCCCCCCCC(NC)c1ccc(OC)cc1C. The molecule has 1 N–H and O–H groups in total. The topological polar surface area (TPSA) is 21.3 Å². The molecule has 1 rings (SSSR count). The first-order valence-corrected chi connectivity index (χ1v) is 8.04. The molecule has 0 spiro atoms. The average molecular weight is 277 g/mol. The highest BCUT2D eigenvalue weighted by molar-refractivity contribution is 5.36. The summed E-state index contributed by atoms with van der Waals surface area (Å²) in [6, 6.07) is 6.86. The summed E-state index contributed by atoms with van der Waals surface area (Å²) in [6.07, 6.45) is 9.36. The van der Waals surface area contributed by atoms with Gasteiger partial charge in [0, 0.05) is 6.04 Å². The molecule has 0 aliphatic carbocycles. The molecule has 0 amide bonds. The third-order valence-electron chi connectivity index (χ3n) is 4.05. The maximum absolute atomic E-state index is 5.28. The second-order valence-corrected chi connectivity index (χ2v) is 5.62. The Hall–Kier alpha value is -1.02. The highest BCUT2D eigenvalue weighted by Gasteiger charge is 2.11. The van der Waals surface area contributed by atoms with Crippen LogP contribution in [0.2, 0.25) is 0 Å². The van der Waals surface area contributed by atoms with E-state index in [2.05, 4.69) is 44.4 Å². The smallest absolute Gasteiger partial charge is 0.119 e. The van der Waals surface area contributed by atoms with Crippen LogP contribution in [0.3, 0.4) is 0 Å². The quantitative estimate of drug-likeness (QED) is 0.607. The Bertz CT molecular complexity index is 376. The van der Waals surface area contributed by atoms with Crippen LogP contribution < -0.4 is 10.1 Å². The summed E-state index contributed by atoms with van der Waals surface area (Å²) in [4.78, 5) is 0. The maximum atomic E-state index is 5.28. The number of benzene rings is 1. The molecular formula is C18H31NO. The van der Waals surface area contributed by atoms with Crippen molar-refractivity contribution in [3.8, 4) is 5.75 Å². The van der Waals surface area contributed by atoms with Gasteiger partial charge in [0.15, 0.2) is 0 Å². The Kier molecular flexibility index (Phi) is 8.36. The van der Waals surface area contributed by atoms with Crippen molar-refractivity contribution in [3.63, 3.8) is 0 Å². The summed E-state index contributed by atoms with van der Waals surface area (Å²) in [6.45, 7) is 4.44. The molecule has 0 radical (unpaired) electrons. The molecule has 114 valence electrons. The Balaban J connectivity index is 2.45. The molecule has 1 unspecified atom stereocenters. The summed E-state index contributed by atoms with van der Waals surface area (Å²) in [7, 11) is 3.78. The molecule has 1 atom stereocenters. The van der Waals surface area contributed by atoms with Crippen LogP contribution >= 0.6 is 0 Å². The van der Waals surface area contributed by atoms with Gasteiger partial charge in [-0.25, -0.2) is 0 Å². The summed E-state index contributed by atoms with van der Waals surface area (Å²) in [5, 5.41) is 3.46. The Morgan fingerprint density at radius 3 is 2.40 bits per heavy atom. The van der Waals surface area contributed by atoms with Gasteiger partial charge in [-0.15, -0.1) is 0 Å². The van der Waals surface area contributed by atoms with Gasteiger partial charge in [-0.3, -0.25) is 0 Å². The van der Waals surface area contributed by atoms with E-state index in [1.165, 1.54) is 56.1 Å². The predicted molar refractivity (Wildman–Crippen MR) is 87.5 cm³/mol. The minimum Gasteiger partial charge on any atom is -0.497 e. The van der Waals surface area contributed by atoms with Crippen molar-refractivity contribution in [3.05, 3.63) is 29.3 Å². The second-order valence-electron chi connectivity index (χ2n) is 5.62. The summed E-state index contributed by atoms with van der Waals surface area (Å²) < 4.78 is 5.28. The molecule has 20 heavy (non-hydrogen) atoms. The van der Waals surface area contributed by atoms with Crippen LogP contribution in [0.4, 0.5) is 0 Å². The number of nitrogens with one attached hydrogen (secondary N) is 1. The van der Waals surface area contributed by atoms with E-state index in [1.54, 1.807) is 7.11 Å². The minimum atomic E-state index is 0.465. The standard InChI is InChI=1S/C18H31NO/c1-5-6-7-8-9-10-11-18(19-3)17-13-12-16(20-4)14-15(17)2/h12-14,18-19H,5-11H2,1-4H3. The monoisotopic (exact) mass is 277 g/mol. The Labute approximate surface area is 124 Å². The number of hydrogen-bond donors (Lipinski definition) is 1. The number of rotatable bonds is 10. The zero-order chi connectivity index (χ0) is 14.8. The summed E-state index contributed by atoms with van der Waals surface area (Å²) in [5.41, 5.74) is 2.72. The van der Waals surface area contributed by atoms with Gasteiger partial charge >= 0.3 is 0 Å². The zero-order valence-electron chi connectivity index (χ0n) is 13.7. The lowest BCUT2D eigenvalue weighted by molar-refractivity contribution is 0.413. The van der Waals surface area contributed by atoms with Gasteiger partial charge in [0.2, 0.25) is 0 Å². The molecule has 0 heterocycles. The molecule has 1 aromatic rings. The van der Waals surface area contributed by atoms with Gasteiger partial charge in [0.05, 0.1) is 7.11 Å². The van der Waals surface area contributed by atoms with Crippen molar-refractivity contribution in [2.75, 3.05) is 14.2 Å². The van der Waals surface area contributed by atoms with Gasteiger partial charge in [-0.05, 0) is 43.7 Å². The molecule has 0 aromatic heterocycles. The van der Waals surface area contributed by atoms with Crippen LogP contribution in [-0.2, 0) is 0 Å². The van der Waals surface area contributed by atoms with Crippen molar-refractivity contribution in [2.45, 2.75) is 64.8 Å². The Morgan fingerprint density at radius 2 is 1.80 bits per heavy atom. The number of aryl methyl sites for hydroxylation is 1. The fraction of sp³-hybridized carbons (Fsp3) is 0.667. The number of hydrogen-bond acceptors (Lipinski definition) is 2. The van der Waals surface area contributed by atoms with E-state index in [-0.39, 0.29) is 0 Å². The van der Waals surface area contributed by atoms with Crippen LogP contribution in [0, 0.1) is 6.92 Å². The van der Waals surface area contributed by atoms with E-state index in [0.717, 1.165) is 5.75 Å². The zero-order valence-corrected chi connectivity index (χ0v) is 13.7. The molecule has 0 bridgehead atoms. The van der Waals surface area contributed by atoms with Crippen molar-refractivity contribution < 1.29 is 4.74 Å². The molecular weight excluding hydrogens is 246 g/mol. The molecule has 0 saturated carbocycles. The Morgan fingerprint density at radius 1 is 1.10 bits per heavy atom. The lowest BCUT2D eigenvalue weighted by Gasteiger charge is -2.19. The lowest BCUT2D eigenvalue weighted by Crippen LogP contribution is -2.17. The van der Waals surface area contributed by atoms with Gasteiger partial charge < -0.3 is 10.1 Å². The van der Waals surface area contributed by atoms with Gasteiger partial charge in [0.1, 0.15) is 5.75 Å². The third-order valence-corrected chi connectivity index (χ3v) is 4.05. The minimum absolute atomic E-state index is 0.465. The molecule has 0 saturated heterocycles. The number of methoxy groups -OCH3 is 1. The van der Waals surface area contributed by atoms with E-state index >= 15 is 0 Å². The van der Waals surface area contributed by atoms with Gasteiger partial charge in [-0.2, -0.15) is 0 Å². The maximum Gasteiger partial charge on any atom is 0.119 e. The third kappa shape index (κ3) is 5.54. The number of ether oxygens (including phenoxy) is 1. The molecule has 0 aliphatic rings. The molecule has 2 heteroatoms. The molecule has 1 aromatic carbocycles. The lowest BCUT2D eigenvalue weighted by atomic mass is 9.96. The predicted octanol–water partition coefficient (Wildman–Crippen LogP) is 5.01. The van der Waals surface area contributed by atoms with Crippen LogP contribution in [0.25, 0.3) is 0 Å². The van der Waals surface area contributed by atoms with Crippen LogP contribution in [0.15, 0.2) is 18.2 Å². The molecule has 0 aliphatic heterocycles. The van der Waals surface area contributed by atoms with Crippen LogP contribution in [0.1, 0.15) is 69.0 Å². The normalized spacial score (nSPS) is 12.4. The first-order valence-electron chi connectivity index (χ1n) is 8.04. The van der Waals surface area contributed by atoms with Gasteiger partial charge in [-0.1, -0.05) is 51.5 Å². The molecule has 0 fully saturated rings. The van der Waals surface area contributed by atoms with E-state index in [9.17, 15) is 0 Å². The fourth-order valence-electron chi connectivity index (χ4n) is 2.75. The first-order chi connectivity index (χ1) is 9.72. The number of unbranched alkanes of at least 4 members (excludes halogenated alkanes) is 5. The largest absolute Gasteiger partial charge is 0.497 e. The van der Waals surface area contributed by atoms with E-state index < -0.39 is 0 Å². The van der Waals surface area contributed by atoms with Crippen molar-refractivity contribution in [2.24, 2.45) is 0 Å². The molecule has 2 nitrogen and oxygen atoms in total. The fourth-order valence-corrected chi connectivity index (χ4v) is 2.75. The van der Waals surface area contributed by atoms with Crippen molar-refractivity contribution in [1.29, 1.82) is 0 Å². The highest BCUT2D eigenvalue weighted by Crippen LogP contribution is 2.26. The van der Waals surface area contributed by atoms with Crippen molar-refractivity contribution >= 4 is 0 Å². The van der Waals surface area contributed by atoms with Crippen LogP contribution in [-0.4, -0.2) is 14.2 Å². The van der Waals surface area contributed by atoms with E-state index in [0.29, 0.717) is 6.04 Å². The second kappa shape index (κ2) is 9.82. The van der Waals surface area contributed by atoms with Crippen molar-refractivity contribution in [1.82, 2.24) is 5.32 Å². The first kappa shape index (κ1) is 17.0. The summed E-state index contributed by atoms with van der Waals surface area (Å²) in [5.74, 6) is 0.945. The van der Waals surface area contributed by atoms with Crippen LogP contribution in [0.5, 0.6) is 5.75 Å². The van der Waals surface area contributed by atoms with Gasteiger partial charge in [0.25, 0.3) is 0 Å². The van der Waals surface area contributed by atoms with E-state index in [1.807, 2.05) is 0 Å². The highest BCUT2D eigenvalue weighted by atomic mass is 16.5. The van der Waals surface area contributed by atoms with E-state index in [4.69, 9.17) is 4.74 Å².